The fourth-order valence-corrected chi connectivity index (χ4v) is 3.47. The summed E-state index contributed by atoms with van der Waals surface area (Å²) in [6, 6.07) is 3.53. The van der Waals surface area contributed by atoms with Crippen LogP contribution in [0.4, 0.5) is 0 Å². The number of aromatic nitrogens is 3. The molecule has 1 aliphatic rings. The van der Waals surface area contributed by atoms with Gasteiger partial charge in [0.2, 0.25) is 5.91 Å². The predicted molar refractivity (Wildman–Crippen MR) is 98.7 cm³/mol. The number of carbonyl (C=O) groups is 2. The molecule has 0 unspecified atom stereocenters. The zero-order valence-corrected chi connectivity index (χ0v) is 15.6. The molecule has 1 fully saturated rings. The molecule has 1 saturated carbocycles. The highest BCUT2D eigenvalue weighted by atomic mass is 16.5. The molecule has 3 atom stereocenters. The van der Waals surface area contributed by atoms with E-state index in [1.54, 1.807) is 37.4 Å². The van der Waals surface area contributed by atoms with Gasteiger partial charge in [-0.2, -0.15) is 0 Å². The third-order valence-electron chi connectivity index (χ3n) is 5.04. The molecule has 2 aromatic heterocycles. The summed E-state index contributed by atoms with van der Waals surface area (Å²) in [5, 5.41) is 5.99. The smallest absolute Gasteiger partial charge is 0.269 e. The van der Waals surface area contributed by atoms with Crippen LogP contribution in [0.25, 0.3) is 0 Å². The fraction of sp³-hybridized carbons (Fsp3) is 0.474. The Balaban J connectivity index is 1.59. The molecule has 2 heterocycles. The summed E-state index contributed by atoms with van der Waals surface area (Å²) < 4.78 is 7.20. The first kappa shape index (κ1) is 19.0. The lowest BCUT2D eigenvalue weighted by molar-refractivity contribution is -0.127. The van der Waals surface area contributed by atoms with E-state index in [4.69, 9.17) is 4.74 Å². The number of carbonyl (C=O) groups excluding carboxylic acids is 2. The van der Waals surface area contributed by atoms with E-state index in [2.05, 4.69) is 20.6 Å². The molecule has 0 spiro atoms. The van der Waals surface area contributed by atoms with Gasteiger partial charge >= 0.3 is 0 Å². The summed E-state index contributed by atoms with van der Waals surface area (Å²) in [6.45, 7) is 0.470. The molecule has 0 radical (unpaired) electrons. The number of ether oxygens (including phenoxy) is 1. The van der Waals surface area contributed by atoms with Gasteiger partial charge in [-0.1, -0.05) is 0 Å². The van der Waals surface area contributed by atoms with Crippen molar-refractivity contribution in [1.82, 2.24) is 25.2 Å². The number of imidazole rings is 1. The van der Waals surface area contributed by atoms with E-state index < -0.39 is 0 Å². The third-order valence-corrected chi connectivity index (χ3v) is 5.04. The molecule has 144 valence electrons. The van der Waals surface area contributed by atoms with E-state index in [1.165, 1.54) is 6.20 Å². The fourth-order valence-electron chi connectivity index (χ4n) is 3.47. The van der Waals surface area contributed by atoms with Crippen molar-refractivity contribution in [3.05, 3.63) is 48.3 Å². The van der Waals surface area contributed by atoms with Crippen LogP contribution in [-0.4, -0.2) is 45.6 Å². The molecule has 8 nitrogen and oxygen atoms in total. The SMILES string of the molecule is CO[C@@H]1CC[C@H](C(=O)NCc2ccncc2)C[C@H]1NC(=O)c1cncn1C. The minimum absolute atomic E-state index is 0.00106. The number of nitrogens with zero attached hydrogens (tertiary/aromatic N) is 3. The second-order valence-electron chi connectivity index (χ2n) is 6.83. The molecule has 8 heteroatoms. The van der Waals surface area contributed by atoms with Crippen LogP contribution in [0.1, 0.15) is 35.3 Å². The second kappa shape index (κ2) is 8.77. The van der Waals surface area contributed by atoms with E-state index in [0.717, 1.165) is 18.4 Å². The van der Waals surface area contributed by atoms with Crippen molar-refractivity contribution in [3.63, 3.8) is 0 Å². The van der Waals surface area contributed by atoms with Gasteiger partial charge in [0.25, 0.3) is 5.91 Å². The van der Waals surface area contributed by atoms with E-state index in [-0.39, 0.29) is 29.9 Å². The van der Waals surface area contributed by atoms with Crippen LogP contribution in [0.2, 0.25) is 0 Å². The first-order valence-electron chi connectivity index (χ1n) is 9.05. The number of rotatable bonds is 6. The lowest BCUT2D eigenvalue weighted by Crippen LogP contribution is -2.50. The van der Waals surface area contributed by atoms with Crippen molar-refractivity contribution in [2.45, 2.75) is 38.0 Å². The third kappa shape index (κ3) is 4.71. The van der Waals surface area contributed by atoms with Crippen LogP contribution >= 0.6 is 0 Å². The zero-order valence-electron chi connectivity index (χ0n) is 15.6. The molecular formula is C19H25N5O3. The highest BCUT2D eigenvalue weighted by Crippen LogP contribution is 2.27. The van der Waals surface area contributed by atoms with Gasteiger partial charge in [-0.15, -0.1) is 0 Å². The molecule has 0 saturated heterocycles. The Morgan fingerprint density at radius 1 is 1.26 bits per heavy atom. The van der Waals surface area contributed by atoms with Gasteiger partial charge in [0, 0.05) is 39.0 Å². The predicted octanol–water partition coefficient (Wildman–Crippen LogP) is 1.04. The lowest BCUT2D eigenvalue weighted by atomic mass is 9.83. The van der Waals surface area contributed by atoms with Crippen LogP contribution in [0.3, 0.4) is 0 Å². The quantitative estimate of drug-likeness (QED) is 0.791. The topological polar surface area (TPSA) is 98.1 Å². The average Bonchev–Trinajstić information content (AvgIpc) is 3.13. The summed E-state index contributed by atoms with van der Waals surface area (Å²) in [4.78, 5) is 33.0. The monoisotopic (exact) mass is 371 g/mol. The Hall–Kier alpha value is -2.74. The van der Waals surface area contributed by atoms with Gasteiger partial charge in [-0.3, -0.25) is 14.6 Å². The zero-order chi connectivity index (χ0) is 19.2. The number of hydrogen-bond acceptors (Lipinski definition) is 5. The molecule has 2 amide bonds. The molecule has 0 aliphatic heterocycles. The maximum absolute atomic E-state index is 12.6. The Bertz CT molecular complexity index is 777. The first-order valence-corrected chi connectivity index (χ1v) is 9.05. The van der Waals surface area contributed by atoms with Gasteiger partial charge in [-0.25, -0.2) is 4.98 Å². The van der Waals surface area contributed by atoms with Crippen molar-refractivity contribution in [2.75, 3.05) is 7.11 Å². The molecule has 1 aliphatic carbocycles. The number of amides is 2. The Morgan fingerprint density at radius 3 is 2.70 bits per heavy atom. The average molecular weight is 371 g/mol. The molecule has 27 heavy (non-hydrogen) atoms. The summed E-state index contributed by atoms with van der Waals surface area (Å²) in [6.07, 6.45) is 8.41. The molecule has 2 aromatic rings. The van der Waals surface area contributed by atoms with Gasteiger partial charge < -0.3 is 19.9 Å². The second-order valence-corrected chi connectivity index (χ2v) is 6.83. The standard InChI is InChI=1S/C19H25N5O3/c1-24-12-21-11-16(24)19(26)23-15-9-14(3-4-17(15)27-2)18(25)22-10-13-5-7-20-8-6-13/h5-8,11-12,14-15,17H,3-4,9-10H2,1-2H3,(H,22,25)(H,23,26)/t14-,15+,17+/m0/s1. The molecular weight excluding hydrogens is 346 g/mol. The highest BCUT2D eigenvalue weighted by molar-refractivity contribution is 5.92. The molecule has 3 rings (SSSR count). The van der Waals surface area contributed by atoms with Crippen LogP contribution in [-0.2, 0) is 23.1 Å². The van der Waals surface area contributed by atoms with Crippen LogP contribution < -0.4 is 10.6 Å². The van der Waals surface area contributed by atoms with Crippen molar-refractivity contribution in [2.24, 2.45) is 13.0 Å². The largest absolute Gasteiger partial charge is 0.379 e. The van der Waals surface area contributed by atoms with Crippen molar-refractivity contribution >= 4 is 11.8 Å². The first-order chi connectivity index (χ1) is 13.1. The summed E-state index contributed by atoms with van der Waals surface area (Å²) in [5.41, 5.74) is 1.49. The number of aryl methyl sites for hydroxylation is 1. The normalized spacial score (nSPS) is 22.2. The van der Waals surface area contributed by atoms with E-state index in [0.29, 0.717) is 18.7 Å². The van der Waals surface area contributed by atoms with Crippen molar-refractivity contribution in [1.29, 1.82) is 0 Å². The summed E-state index contributed by atoms with van der Waals surface area (Å²) >= 11 is 0. The van der Waals surface area contributed by atoms with E-state index >= 15 is 0 Å². The van der Waals surface area contributed by atoms with Crippen LogP contribution in [0, 0.1) is 5.92 Å². The Labute approximate surface area is 158 Å². The van der Waals surface area contributed by atoms with Gasteiger partial charge in [0.05, 0.1) is 24.7 Å². The Morgan fingerprint density at radius 2 is 2.04 bits per heavy atom. The minimum Gasteiger partial charge on any atom is -0.379 e. The molecule has 2 N–H and O–H groups in total. The van der Waals surface area contributed by atoms with Gasteiger partial charge in [-0.05, 0) is 37.0 Å². The van der Waals surface area contributed by atoms with Crippen molar-refractivity contribution < 1.29 is 14.3 Å². The molecule has 0 bridgehead atoms. The Kier molecular flexibility index (Phi) is 6.18. The summed E-state index contributed by atoms with van der Waals surface area (Å²) in [5.74, 6) is -0.365. The van der Waals surface area contributed by atoms with Crippen molar-refractivity contribution in [3.8, 4) is 0 Å². The lowest BCUT2D eigenvalue weighted by Gasteiger charge is -2.35. The van der Waals surface area contributed by atoms with E-state index in [9.17, 15) is 9.59 Å². The summed E-state index contributed by atoms with van der Waals surface area (Å²) in [7, 11) is 3.41. The number of nitrogens with one attached hydrogen (secondary N) is 2. The van der Waals surface area contributed by atoms with Crippen LogP contribution in [0.5, 0.6) is 0 Å². The number of methoxy groups -OCH3 is 1. The van der Waals surface area contributed by atoms with Gasteiger partial charge in [0.15, 0.2) is 0 Å². The van der Waals surface area contributed by atoms with E-state index in [1.807, 2.05) is 12.1 Å². The molecule has 0 aromatic carbocycles. The maximum Gasteiger partial charge on any atom is 0.269 e. The van der Waals surface area contributed by atoms with Crippen LogP contribution in [0.15, 0.2) is 37.1 Å². The number of pyridine rings is 1. The maximum atomic E-state index is 12.6. The minimum atomic E-state index is -0.220. The van der Waals surface area contributed by atoms with Gasteiger partial charge in [0.1, 0.15) is 5.69 Å². The number of hydrogen-bond donors (Lipinski definition) is 2. The highest BCUT2D eigenvalue weighted by Gasteiger charge is 2.35.